The molecule has 5 nitrogen and oxygen atoms in total. The second-order valence-corrected chi connectivity index (χ2v) is 4.14. The van der Waals surface area contributed by atoms with Crippen LogP contribution in [0, 0.1) is 0 Å². The zero-order chi connectivity index (χ0) is 10.3. The molecular formula is C8H7NO4S. The molecule has 0 bridgehead atoms. The number of β-lactam (4-membered cyclic amide) rings is 1. The van der Waals surface area contributed by atoms with E-state index in [-0.39, 0.29) is 16.9 Å². The van der Waals surface area contributed by atoms with E-state index >= 15 is 0 Å². The van der Waals surface area contributed by atoms with E-state index in [0.29, 0.717) is 11.3 Å². The number of aliphatic hydroxyl groups excluding tert-OH is 1. The fraction of sp³-hybridized carbons (Fsp3) is 0.250. The predicted molar refractivity (Wildman–Crippen MR) is 49.3 cm³/mol. The number of aliphatic hydroxyl groups is 1. The third-order valence-electron chi connectivity index (χ3n) is 2.09. The number of nitrogens with zero attached hydrogens (tertiary/aromatic N) is 1. The summed E-state index contributed by atoms with van der Waals surface area (Å²) in [5, 5.41) is 17.5. The quantitative estimate of drug-likeness (QED) is 0.494. The van der Waals surface area contributed by atoms with E-state index in [4.69, 9.17) is 10.2 Å². The summed E-state index contributed by atoms with van der Waals surface area (Å²) in [4.78, 5) is 23.4. The molecule has 0 aromatic carbocycles. The first kappa shape index (κ1) is 9.14. The number of aliphatic carboxylic acids is 1. The van der Waals surface area contributed by atoms with Gasteiger partial charge in [-0.3, -0.25) is 4.79 Å². The van der Waals surface area contributed by atoms with Gasteiger partial charge in [0.25, 0.3) is 0 Å². The molecule has 0 aromatic heterocycles. The van der Waals surface area contributed by atoms with E-state index < -0.39 is 5.97 Å². The molecule has 2 aliphatic rings. The second-order valence-electron chi connectivity index (χ2n) is 2.92. The van der Waals surface area contributed by atoms with Crippen molar-refractivity contribution in [3.8, 4) is 0 Å². The highest BCUT2D eigenvalue weighted by molar-refractivity contribution is 8.04. The number of hydrogen-bond acceptors (Lipinski definition) is 4. The Morgan fingerprint density at radius 3 is 2.93 bits per heavy atom. The molecule has 2 heterocycles. The molecule has 2 aliphatic heterocycles. The van der Waals surface area contributed by atoms with Crippen LogP contribution >= 0.6 is 11.8 Å². The highest BCUT2D eigenvalue weighted by atomic mass is 32.2. The Morgan fingerprint density at radius 2 is 2.43 bits per heavy atom. The van der Waals surface area contributed by atoms with Gasteiger partial charge in [-0.2, -0.15) is 0 Å². The Kier molecular flexibility index (Phi) is 1.99. The molecule has 0 saturated carbocycles. The summed E-state index contributed by atoms with van der Waals surface area (Å²) in [7, 11) is 0. The van der Waals surface area contributed by atoms with Crippen molar-refractivity contribution in [2.75, 3.05) is 0 Å². The standard InChI is InChI=1S/C8H7NO4S/c10-3-5-4(8(12)13)2-9-6(11)1-7(9)14-5/h2-3,7,10H,1H2,(H,12,13)/t7-/m1/s1. The Balaban J connectivity index is 2.35. The minimum atomic E-state index is -1.14. The summed E-state index contributed by atoms with van der Waals surface area (Å²) in [5.74, 6) is -1.23. The van der Waals surface area contributed by atoms with Gasteiger partial charge in [0.2, 0.25) is 5.91 Å². The number of rotatable bonds is 1. The van der Waals surface area contributed by atoms with Gasteiger partial charge in [0.05, 0.1) is 28.5 Å². The number of fused-ring (bicyclic) bond motifs is 1. The first-order chi connectivity index (χ1) is 6.63. The maximum Gasteiger partial charge on any atom is 0.338 e. The van der Waals surface area contributed by atoms with Gasteiger partial charge in [-0.05, 0) is 0 Å². The van der Waals surface area contributed by atoms with Crippen LogP contribution in [0.1, 0.15) is 6.42 Å². The van der Waals surface area contributed by atoms with Crippen LogP contribution < -0.4 is 0 Å². The van der Waals surface area contributed by atoms with E-state index in [1.807, 2.05) is 0 Å². The van der Waals surface area contributed by atoms with Crippen molar-refractivity contribution in [3.63, 3.8) is 0 Å². The van der Waals surface area contributed by atoms with E-state index in [2.05, 4.69) is 0 Å². The number of amides is 1. The Labute approximate surface area is 83.7 Å². The summed E-state index contributed by atoms with van der Waals surface area (Å²) in [6, 6.07) is 0. The van der Waals surface area contributed by atoms with Gasteiger partial charge >= 0.3 is 5.97 Å². The summed E-state index contributed by atoms with van der Waals surface area (Å²) in [5.41, 5.74) is -0.0400. The number of carbonyl (C=O) groups excluding carboxylic acids is 1. The monoisotopic (exact) mass is 213 g/mol. The number of carboxylic acid groups (broad SMARTS) is 1. The van der Waals surface area contributed by atoms with Crippen molar-refractivity contribution in [3.05, 3.63) is 22.9 Å². The Bertz CT molecular complexity index is 374. The van der Waals surface area contributed by atoms with Crippen molar-refractivity contribution >= 4 is 23.6 Å². The minimum absolute atomic E-state index is 0.0400. The lowest BCUT2D eigenvalue weighted by molar-refractivity contribution is -0.137. The second kappa shape index (κ2) is 3.06. The van der Waals surface area contributed by atoms with Gasteiger partial charge in [0.15, 0.2) is 0 Å². The predicted octanol–water partition coefficient (Wildman–Crippen LogP) is 0.660. The van der Waals surface area contributed by atoms with Gasteiger partial charge in [-0.15, -0.1) is 0 Å². The smallest absolute Gasteiger partial charge is 0.338 e. The van der Waals surface area contributed by atoms with E-state index in [0.717, 1.165) is 6.26 Å². The first-order valence-corrected chi connectivity index (χ1v) is 4.79. The molecule has 6 heteroatoms. The third kappa shape index (κ3) is 1.19. The molecule has 14 heavy (non-hydrogen) atoms. The van der Waals surface area contributed by atoms with Crippen molar-refractivity contribution in [1.82, 2.24) is 4.90 Å². The fourth-order valence-corrected chi connectivity index (χ4v) is 2.47. The van der Waals surface area contributed by atoms with E-state index in [9.17, 15) is 9.59 Å². The number of hydrogen-bond donors (Lipinski definition) is 2. The minimum Gasteiger partial charge on any atom is -0.514 e. The topological polar surface area (TPSA) is 77.8 Å². The lowest BCUT2D eigenvalue weighted by Crippen LogP contribution is -2.49. The average molecular weight is 213 g/mol. The molecule has 0 aliphatic carbocycles. The van der Waals surface area contributed by atoms with E-state index in [1.165, 1.54) is 22.9 Å². The molecule has 0 aromatic rings. The summed E-state index contributed by atoms with van der Waals surface area (Å²) >= 11 is 1.19. The van der Waals surface area contributed by atoms with Gasteiger partial charge in [-0.1, -0.05) is 11.8 Å². The maximum atomic E-state index is 11.0. The SMILES string of the molecule is O=C(O)C1=CN2C(=O)C[C@H]2SC1=CO. The molecular weight excluding hydrogens is 206 g/mol. The van der Waals surface area contributed by atoms with Crippen LogP contribution in [0.25, 0.3) is 0 Å². The Morgan fingerprint density at radius 1 is 1.71 bits per heavy atom. The molecule has 0 unspecified atom stereocenters. The van der Waals surface area contributed by atoms with Gasteiger partial charge < -0.3 is 15.1 Å². The highest BCUT2D eigenvalue weighted by Gasteiger charge is 2.41. The van der Waals surface area contributed by atoms with Crippen LogP contribution in [-0.4, -0.2) is 32.4 Å². The third-order valence-corrected chi connectivity index (χ3v) is 3.34. The largest absolute Gasteiger partial charge is 0.514 e. The molecule has 1 saturated heterocycles. The Hall–Kier alpha value is -1.43. The summed E-state index contributed by atoms with van der Waals surface area (Å²) in [6.07, 6.45) is 2.44. The fourth-order valence-electron chi connectivity index (χ4n) is 1.33. The zero-order valence-corrected chi connectivity index (χ0v) is 7.82. The molecule has 1 amide bonds. The first-order valence-electron chi connectivity index (χ1n) is 3.91. The molecule has 1 atom stereocenters. The summed E-state index contributed by atoms with van der Waals surface area (Å²) < 4.78 is 0. The molecule has 0 spiro atoms. The van der Waals surface area contributed by atoms with Crippen molar-refractivity contribution in [1.29, 1.82) is 0 Å². The molecule has 2 rings (SSSR count). The molecule has 0 radical (unpaired) electrons. The van der Waals surface area contributed by atoms with Crippen molar-refractivity contribution < 1.29 is 19.8 Å². The van der Waals surface area contributed by atoms with Crippen LogP contribution in [0.15, 0.2) is 22.9 Å². The highest BCUT2D eigenvalue weighted by Crippen LogP contribution is 2.42. The maximum absolute atomic E-state index is 11.0. The van der Waals surface area contributed by atoms with Crippen LogP contribution in [0.4, 0.5) is 0 Å². The number of carbonyl (C=O) groups is 2. The number of carboxylic acids is 1. The molecule has 2 N–H and O–H groups in total. The lowest BCUT2D eigenvalue weighted by Gasteiger charge is -2.40. The molecule has 74 valence electrons. The van der Waals surface area contributed by atoms with Crippen LogP contribution in [0.5, 0.6) is 0 Å². The number of thioether (sulfide) groups is 1. The normalized spacial score (nSPS) is 28.1. The van der Waals surface area contributed by atoms with Gasteiger partial charge in [0.1, 0.15) is 0 Å². The van der Waals surface area contributed by atoms with E-state index in [1.54, 1.807) is 0 Å². The van der Waals surface area contributed by atoms with Gasteiger partial charge in [-0.25, -0.2) is 4.79 Å². The lowest BCUT2D eigenvalue weighted by atomic mass is 10.1. The van der Waals surface area contributed by atoms with Gasteiger partial charge in [0, 0.05) is 6.20 Å². The van der Waals surface area contributed by atoms with Crippen molar-refractivity contribution in [2.24, 2.45) is 0 Å². The summed E-state index contributed by atoms with van der Waals surface area (Å²) in [6.45, 7) is 0. The van der Waals surface area contributed by atoms with Crippen molar-refractivity contribution in [2.45, 2.75) is 11.8 Å². The zero-order valence-electron chi connectivity index (χ0n) is 7.01. The van der Waals surface area contributed by atoms with Crippen LogP contribution in [0.3, 0.4) is 0 Å². The molecule has 1 fully saturated rings. The van der Waals surface area contributed by atoms with Crippen LogP contribution in [0.2, 0.25) is 0 Å². The average Bonchev–Trinajstić information content (AvgIpc) is 2.14. The van der Waals surface area contributed by atoms with Crippen LogP contribution in [-0.2, 0) is 9.59 Å².